The van der Waals surface area contributed by atoms with Crippen LogP contribution in [0.4, 0.5) is 0 Å². The van der Waals surface area contributed by atoms with E-state index in [0.717, 1.165) is 11.3 Å². The van der Waals surface area contributed by atoms with Gasteiger partial charge in [-0.25, -0.2) is 0 Å². The summed E-state index contributed by atoms with van der Waals surface area (Å²) in [6, 6.07) is 14.6. The van der Waals surface area contributed by atoms with Crippen molar-refractivity contribution in [2.45, 2.75) is 25.9 Å². The van der Waals surface area contributed by atoms with Gasteiger partial charge in [0.1, 0.15) is 6.04 Å². The third kappa shape index (κ3) is 3.89. The van der Waals surface area contributed by atoms with Gasteiger partial charge in [-0.2, -0.15) is 0 Å². The first-order valence-corrected chi connectivity index (χ1v) is 7.04. The Morgan fingerprint density at radius 1 is 1.10 bits per heavy atom. The van der Waals surface area contributed by atoms with E-state index < -0.39 is 12.0 Å². The number of pyridine rings is 1. The van der Waals surface area contributed by atoms with E-state index in [0.29, 0.717) is 0 Å². The van der Waals surface area contributed by atoms with Crippen LogP contribution in [0.5, 0.6) is 0 Å². The van der Waals surface area contributed by atoms with Gasteiger partial charge in [0.05, 0.1) is 11.7 Å². The van der Waals surface area contributed by atoms with Crippen LogP contribution in [0, 0.1) is 5.92 Å². The summed E-state index contributed by atoms with van der Waals surface area (Å²) in [6.07, 6.45) is 1.72. The maximum atomic E-state index is 11.5. The lowest BCUT2D eigenvalue weighted by atomic mass is 9.98. The van der Waals surface area contributed by atoms with Crippen LogP contribution in [-0.2, 0) is 4.79 Å². The highest BCUT2D eigenvalue weighted by Crippen LogP contribution is 2.22. The van der Waals surface area contributed by atoms with Crippen LogP contribution in [0.2, 0.25) is 0 Å². The molecule has 0 aliphatic heterocycles. The predicted octanol–water partition coefficient (Wildman–Crippen LogP) is 2.87. The second kappa shape index (κ2) is 6.99. The molecule has 2 aromatic rings. The van der Waals surface area contributed by atoms with Gasteiger partial charge in [-0.15, -0.1) is 0 Å². The summed E-state index contributed by atoms with van der Waals surface area (Å²) in [7, 11) is 0. The molecule has 0 aliphatic rings. The second-order valence-electron chi connectivity index (χ2n) is 5.32. The molecular weight excluding hydrogens is 264 g/mol. The van der Waals surface area contributed by atoms with Gasteiger partial charge in [-0.3, -0.25) is 15.1 Å². The summed E-state index contributed by atoms with van der Waals surface area (Å²) in [5, 5.41) is 12.6. The SMILES string of the molecule is CC(C)C(NC(c1ccccc1)c1ccccn1)C(=O)O. The van der Waals surface area contributed by atoms with Crippen LogP contribution >= 0.6 is 0 Å². The van der Waals surface area contributed by atoms with Gasteiger partial charge in [0.25, 0.3) is 0 Å². The molecule has 2 atom stereocenters. The molecule has 1 aromatic heterocycles. The quantitative estimate of drug-likeness (QED) is 0.856. The molecule has 0 amide bonds. The fourth-order valence-electron chi connectivity index (χ4n) is 2.27. The van der Waals surface area contributed by atoms with Gasteiger partial charge < -0.3 is 5.11 Å². The zero-order valence-corrected chi connectivity index (χ0v) is 12.2. The van der Waals surface area contributed by atoms with Crippen LogP contribution in [0.1, 0.15) is 31.1 Å². The molecular formula is C17H20N2O2. The standard InChI is InChI=1S/C17H20N2O2/c1-12(2)15(17(20)21)19-16(13-8-4-3-5-9-13)14-10-6-7-11-18-14/h3-12,15-16,19H,1-2H3,(H,20,21). The number of nitrogens with one attached hydrogen (secondary N) is 1. The molecule has 0 saturated heterocycles. The van der Waals surface area contributed by atoms with Gasteiger partial charge in [0.15, 0.2) is 0 Å². The van der Waals surface area contributed by atoms with Crippen molar-refractivity contribution in [2.24, 2.45) is 5.92 Å². The van der Waals surface area contributed by atoms with Crippen LogP contribution in [0.25, 0.3) is 0 Å². The summed E-state index contributed by atoms with van der Waals surface area (Å²) in [6.45, 7) is 3.79. The largest absolute Gasteiger partial charge is 0.480 e. The summed E-state index contributed by atoms with van der Waals surface area (Å²) >= 11 is 0. The average Bonchev–Trinajstić information content (AvgIpc) is 2.49. The number of rotatable bonds is 6. The number of carboxylic acids is 1. The molecule has 1 aromatic carbocycles. The number of aromatic nitrogens is 1. The van der Waals surface area contributed by atoms with E-state index >= 15 is 0 Å². The van der Waals surface area contributed by atoms with Crippen molar-refractivity contribution < 1.29 is 9.90 Å². The van der Waals surface area contributed by atoms with Crippen LogP contribution in [0.3, 0.4) is 0 Å². The van der Waals surface area contributed by atoms with Crippen molar-refractivity contribution in [3.63, 3.8) is 0 Å². The Kier molecular flexibility index (Phi) is 5.06. The van der Waals surface area contributed by atoms with Crippen molar-refractivity contribution in [2.75, 3.05) is 0 Å². The Morgan fingerprint density at radius 2 is 1.76 bits per heavy atom. The number of hydrogen-bond acceptors (Lipinski definition) is 3. The van der Waals surface area contributed by atoms with E-state index in [-0.39, 0.29) is 12.0 Å². The lowest BCUT2D eigenvalue weighted by Gasteiger charge is -2.25. The molecule has 2 unspecified atom stereocenters. The highest BCUT2D eigenvalue weighted by molar-refractivity contribution is 5.74. The molecule has 0 radical (unpaired) electrons. The van der Waals surface area contributed by atoms with Crippen LogP contribution in [0.15, 0.2) is 54.7 Å². The third-order valence-corrected chi connectivity index (χ3v) is 3.40. The van der Waals surface area contributed by atoms with Crippen LogP contribution in [-0.4, -0.2) is 22.1 Å². The topological polar surface area (TPSA) is 62.2 Å². The zero-order valence-electron chi connectivity index (χ0n) is 12.2. The van der Waals surface area contributed by atoms with Crippen molar-refractivity contribution in [1.29, 1.82) is 0 Å². The monoisotopic (exact) mass is 284 g/mol. The van der Waals surface area contributed by atoms with E-state index in [4.69, 9.17) is 0 Å². The Balaban J connectivity index is 2.35. The number of nitrogens with zero attached hydrogens (tertiary/aromatic N) is 1. The highest BCUT2D eigenvalue weighted by Gasteiger charge is 2.26. The van der Waals surface area contributed by atoms with Gasteiger partial charge in [0.2, 0.25) is 0 Å². The number of hydrogen-bond donors (Lipinski definition) is 2. The van der Waals surface area contributed by atoms with Gasteiger partial charge in [-0.1, -0.05) is 50.2 Å². The molecule has 1 heterocycles. The molecule has 0 aliphatic carbocycles. The molecule has 110 valence electrons. The normalized spacial score (nSPS) is 13.9. The molecule has 0 saturated carbocycles. The second-order valence-corrected chi connectivity index (χ2v) is 5.32. The number of aliphatic carboxylic acids is 1. The fourth-order valence-corrected chi connectivity index (χ4v) is 2.27. The molecule has 21 heavy (non-hydrogen) atoms. The molecule has 0 fully saturated rings. The van der Waals surface area contributed by atoms with Gasteiger partial charge >= 0.3 is 5.97 Å². The maximum Gasteiger partial charge on any atom is 0.320 e. The minimum absolute atomic E-state index is 0.0163. The van der Waals surface area contributed by atoms with E-state index in [9.17, 15) is 9.90 Å². The Labute approximate surface area is 124 Å². The minimum atomic E-state index is -0.845. The van der Waals surface area contributed by atoms with E-state index in [2.05, 4.69) is 10.3 Å². The molecule has 2 N–H and O–H groups in total. The molecule has 0 spiro atoms. The van der Waals surface area contributed by atoms with Gasteiger partial charge in [-0.05, 0) is 23.6 Å². The van der Waals surface area contributed by atoms with Crippen molar-refractivity contribution in [3.8, 4) is 0 Å². The smallest absolute Gasteiger partial charge is 0.320 e. The van der Waals surface area contributed by atoms with Crippen molar-refractivity contribution in [1.82, 2.24) is 10.3 Å². The zero-order chi connectivity index (χ0) is 15.2. The van der Waals surface area contributed by atoms with Crippen LogP contribution < -0.4 is 5.32 Å². The summed E-state index contributed by atoms with van der Waals surface area (Å²) < 4.78 is 0. The molecule has 0 bridgehead atoms. The van der Waals surface area contributed by atoms with Crippen molar-refractivity contribution >= 4 is 5.97 Å². The summed E-state index contributed by atoms with van der Waals surface area (Å²) in [5.74, 6) is -0.862. The fraction of sp³-hybridized carbons (Fsp3) is 0.294. The van der Waals surface area contributed by atoms with E-state index in [1.54, 1.807) is 6.20 Å². The Hall–Kier alpha value is -2.20. The number of carbonyl (C=O) groups is 1. The maximum absolute atomic E-state index is 11.5. The van der Waals surface area contributed by atoms with E-state index in [1.807, 2.05) is 62.4 Å². The van der Waals surface area contributed by atoms with Gasteiger partial charge in [0, 0.05) is 6.20 Å². The lowest BCUT2D eigenvalue weighted by molar-refractivity contribution is -0.140. The lowest BCUT2D eigenvalue weighted by Crippen LogP contribution is -2.43. The van der Waals surface area contributed by atoms with E-state index in [1.165, 1.54) is 0 Å². The van der Waals surface area contributed by atoms with Crippen molar-refractivity contribution in [3.05, 3.63) is 66.0 Å². The molecule has 4 heteroatoms. The molecule has 4 nitrogen and oxygen atoms in total. The Bertz CT molecular complexity index is 530. The molecule has 2 rings (SSSR count). The first-order valence-electron chi connectivity index (χ1n) is 7.04. The summed E-state index contributed by atoms with van der Waals surface area (Å²) in [5.41, 5.74) is 1.82. The average molecular weight is 284 g/mol. The minimum Gasteiger partial charge on any atom is -0.480 e. The third-order valence-electron chi connectivity index (χ3n) is 3.40. The number of benzene rings is 1. The number of carboxylic acid groups (broad SMARTS) is 1. The summed E-state index contributed by atoms with van der Waals surface area (Å²) in [4.78, 5) is 15.8. The Morgan fingerprint density at radius 3 is 2.29 bits per heavy atom. The first kappa shape index (κ1) is 15.2. The predicted molar refractivity (Wildman–Crippen MR) is 81.9 cm³/mol. The highest BCUT2D eigenvalue weighted by atomic mass is 16.4. The first-order chi connectivity index (χ1) is 10.1.